The Balaban J connectivity index is 0.00000144. The van der Waals surface area contributed by atoms with Gasteiger partial charge in [-0.25, -0.2) is 4.39 Å². The number of nitrogens with two attached hydrogens (primary N) is 1. The molecule has 2 aromatic rings. The van der Waals surface area contributed by atoms with Gasteiger partial charge in [-0.1, -0.05) is 29.3 Å². The van der Waals surface area contributed by atoms with Crippen molar-refractivity contribution >= 4 is 46.9 Å². The Morgan fingerprint density at radius 1 is 1.18 bits per heavy atom. The monoisotopic (exact) mass is 311 g/mol. The molecule has 0 saturated heterocycles. The van der Waals surface area contributed by atoms with Crippen LogP contribution in [0, 0.1) is 5.82 Å². The Morgan fingerprint density at radius 3 is 2.41 bits per heavy atom. The lowest BCUT2D eigenvalue weighted by atomic mass is 10.1. The van der Waals surface area contributed by atoms with E-state index in [1.165, 1.54) is 17.4 Å². The van der Waals surface area contributed by atoms with E-state index in [1.807, 2.05) is 17.5 Å². The molecule has 1 aromatic heterocycles. The molecule has 0 amide bonds. The number of hydrogen-bond donors (Lipinski definition) is 1. The first-order valence-corrected chi connectivity index (χ1v) is 6.17. The van der Waals surface area contributed by atoms with Crippen LogP contribution in [0.5, 0.6) is 0 Å². The summed E-state index contributed by atoms with van der Waals surface area (Å²) in [4.78, 5) is 0.850. The molecule has 0 unspecified atom stereocenters. The van der Waals surface area contributed by atoms with E-state index in [9.17, 15) is 4.39 Å². The van der Waals surface area contributed by atoms with Crippen molar-refractivity contribution in [2.45, 2.75) is 6.04 Å². The van der Waals surface area contributed by atoms with Crippen molar-refractivity contribution in [2.24, 2.45) is 5.73 Å². The van der Waals surface area contributed by atoms with E-state index in [4.69, 9.17) is 28.9 Å². The van der Waals surface area contributed by atoms with Crippen molar-refractivity contribution in [3.63, 3.8) is 0 Å². The molecular formula is C11H9Cl3FNS. The summed E-state index contributed by atoms with van der Waals surface area (Å²) in [7, 11) is 0. The molecule has 0 radical (unpaired) electrons. The van der Waals surface area contributed by atoms with Crippen LogP contribution in [0.2, 0.25) is 10.0 Å². The summed E-state index contributed by atoms with van der Waals surface area (Å²) in [6, 6.07) is 6.09. The fourth-order valence-electron chi connectivity index (χ4n) is 1.44. The van der Waals surface area contributed by atoms with Crippen molar-refractivity contribution in [3.8, 4) is 0 Å². The minimum Gasteiger partial charge on any atom is -0.319 e. The van der Waals surface area contributed by atoms with Gasteiger partial charge in [-0.05, 0) is 23.6 Å². The van der Waals surface area contributed by atoms with Gasteiger partial charge < -0.3 is 5.73 Å². The third kappa shape index (κ3) is 2.92. The predicted molar refractivity (Wildman–Crippen MR) is 74.0 cm³/mol. The third-order valence-corrected chi connectivity index (χ3v) is 3.82. The molecule has 92 valence electrons. The van der Waals surface area contributed by atoms with Crippen LogP contribution in [-0.2, 0) is 0 Å². The summed E-state index contributed by atoms with van der Waals surface area (Å²) in [6.07, 6.45) is 0. The Labute approximate surface area is 119 Å². The van der Waals surface area contributed by atoms with Crippen molar-refractivity contribution in [1.29, 1.82) is 0 Å². The van der Waals surface area contributed by atoms with Crippen LogP contribution in [0.1, 0.15) is 16.5 Å². The van der Waals surface area contributed by atoms with Gasteiger partial charge in [0, 0.05) is 15.5 Å². The average molecular weight is 313 g/mol. The lowest BCUT2D eigenvalue weighted by Gasteiger charge is -2.13. The highest BCUT2D eigenvalue weighted by molar-refractivity contribution is 7.10. The minimum atomic E-state index is -0.578. The molecular weight excluding hydrogens is 304 g/mol. The van der Waals surface area contributed by atoms with Crippen molar-refractivity contribution < 1.29 is 4.39 Å². The highest BCUT2D eigenvalue weighted by Gasteiger charge is 2.19. The standard InChI is InChI=1S/C11H8Cl2FNS.ClH/c12-6-3-4-7(13)10(14)9(6)11(15)8-2-1-5-16-8;/h1-5,11H,15H2;1H/t11-;/m0./s1. The molecule has 0 aliphatic heterocycles. The number of hydrogen-bond acceptors (Lipinski definition) is 2. The third-order valence-electron chi connectivity index (χ3n) is 2.24. The number of halogens is 4. The van der Waals surface area contributed by atoms with E-state index in [2.05, 4.69) is 0 Å². The second-order valence-corrected chi connectivity index (χ2v) is 5.04. The molecule has 2 N–H and O–H groups in total. The van der Waals surface area contributed by atoms with E-state index in [0.717, 1.165) is 4.88 Å². The van der Waals surface area contributed by atoms with Crippen LogP contribution in [0.25, 0.3) is 0 Å². The summed E-state index contributed by atoms with van der Waals surface area (Å²) in [5.74, 6) is -0.546. The largest absolute Gasteiger partial charge is 0.319 e. The quantitative estimate of drug-likeness (QED) is 0.802. The Morgan fingerprint density at radius 2 is 1.82 bits per heavy atom. The summed E-state index contributed by atoms with van der Waals surface area (Å²) < 4.78 is 13.8. The maximum absolute atomic E-state index is 13.8. The van der Waals surface area contributed by atoms with Gasteiger partial charge in [-0.3, -0.25) is 0 Å². The van der Waals surface area contributed by atoms with Crippen LogP contribution in [-0.4, -0.2) is 0 Å². The minimum absolute atomic E-state index is 0. The topological polar surface area (TPSA) is 26.0 Å². The van der Waals surface area contributed by atoms with Crippen LogP contribution in [0.15, 0.2) is 29.6 Å². The van der Waals surface area contributed by atoms with Crippen LogP contribution in [0.3, 0.4) is 0 Å². The van der Waals surface area contributed by atoms with Gasteiger partial charge in [-0.15, -0.1) is 23.7 Å². The second-order valence-electron chi connectivity index (χ2n) is 3.25. The number of rotatable bonds is 2. The molecule has 0 spiro atoms. The molecule has 1 atom stereocenters. The van der Waals surface area contributed by atoms with Crippen molar-refractivity contribution in [1.82, 2.24) is 0 Å². The highest BCUT2D eigenvalue weighted by Crippen LogP contribution is 2.33. The summed E-state index contributed by atoms with van der Waals surface area (Å²) >= 11 is 13.1. The Kier molecular flexibility index (Phi) is 5.22. The first kappa shape index (κ1) is 14.7. The molecule has 6 heteroatoms. The van der Waals surface area contributed by atoms with E-state index in [-0.39, 0.29) is 23.0 Å². The molecule has 0 bridgehead atoms. The van der Waals surface area contributed by atoms with Gasteiger partial charge in [0.25, 0.3) is 0 Å². The highest BCUT2D eigenvalue weighted by atomic mass is 35.5. The summed E-state index contributed by atoms with van der Waals surface area (Å²) in [5.41, 5.74) is 6.21. The zero-order chi connectivity index (χ0) is 11.7. The maximum atomic E-state index is 13.8. The number of thiophene rings is 1. The first-order valence-electron chi connectivity index (χ1n) is 4.53. The van der Waals surface area contributed by atoms with Gasteiger partial charge in [0.2, 0.25) is 0 Å². The van der Waals surface area contributed by atoms with Gasteiger partial charge in [0.05, 0.1) is 11.1 Å². The summed E-state index contributed by atoms with van der Waals surface area (Å²) in [5, 5.41) is 2.21. The van der Waals surface area contributed by atoms with Crippen LogP contribution < -0.4 is 5.73 Å². The lowest BCUT2D eigenvalue weighted by molar-refractivity contribution is 0.601. The average Bonchev–Trinajstić information content (AvgIpc) is 2.77. The molecule has 0 aliphatic rings. The van der Waals surface area contributed by atoms with Crippen molar-refractivity contribution in [3.05, 3.63) is 55.9 Å². The van der Waals surface area contributed by atoms with Gasteiger partial charge >= 0.3 is 0 Å². The molecule has 0 saturated carbocycles. The fraction of sp³-hybridized carbons (Fsp3) is 0.0909. The molecule has 1 heterocycles. The molecule has 1 aromatic carbocycles. The molecule has 17 heavy (non-hydrogen) atoms. The molecule has 0 fully saturated rings. The number of benzene rings is 1. The smallest absolute Gasteiger partial charge is 0.148 e. The summed E-state index contributed by atoms with van der Waals surface area (Å²) in [6.45, 7) is 0. The Bertz CT molecular complexity index is 502. The Hall–Kier alpha value is -0.320. The van der Waals surface area contributed by atoms with Crippen LogP contribution >= 0.6 is 46.9 Å². The second kappa shape index (κ2) is 6.03. The lowest BCUT2D eigenvalue weighted by Crippen LogP contribution is -2.13. The fourth-order valence-corrected chi connectivity index (χ4v) is 2.60. The predicted octanol–water partition coefficient (Wildman–Crippen LogP) is 4.66. The molecule has 1 nitrogen and oxygen atoms in total. The van der Waals surface area contributed by atoms with Gasteiger partial charge in [0.15, 0.2) is 0 Å². The van der Waals surface area contributed by atoms with E-state index in [0.29, 0.717) is 5.02 Å². The molecule has 0 aliphatic carbocycles. The van der Waals surface area contributed by atoms with E-state index < -0.39 is 11.9 Å². The van der Waals surface area contributed by atoms with Crippen molar-refractivity contribution in [2.75, 3.05) is 0 Å². The maximum Gasteiger partial charge on any atom is 0.148 e. The zero-order valence-electron chi connectivity index (χ0n) is 8.49. The van der Waals surface area contributed by atoms with Gasteiger partial charge in [-0.2, -0.15) is 0 Å². The van der Waals surface area contributed by atoms with E-state index in [1.54, 1.807) is 6.07 Å². The first-order chi connectivity index (χ1) is 7.61. The SMILES string of the molecule is Cl.N[C@@H](c1cccs1)c1c(Cl)ccc(Cl)c1F. The zero-order valence-corrected chi connectivity index (χ0v) is 11.6. The molecule has 2 rings (SSSR count). The van der Waals surface area contributed by atoms with Crippen LogP contribution in [0.4, 0.5) is 4.39 Å². The normalized spacial score (nSPS) is 12.0. The van der Waals surface area contributed by atoms with E-state index >= 15 is 0 Å². The van der Waals surface area contributed by atoms with Gasteiger partial charge in [0.1, 0.15) is 5.82 Å².